The van der Waals surface area contributed by atoms with Crippen LogP contribution in [0.5, 0.6) is 0 Å². The molecule has 0 unspecified atom stereocenters. The van der Waals surface area contributed by atoms with E-state index in [0.29, 0.717) is 43.2 Å². The van der Waals surface area contributed by atoms with Gasteiger partial charge in [-0.3, -0.25) is 13.9 Å². The number of fused-ring (bicyclic) bond motifs is 1. The van der Waals surface area contributed by atoms with E-state index < -0.39 is 22.5 Å². The first-order valence-electron chi connectivity index (χ1n) is 10.6. The van der Waals surface area contributed by atoms with E-state index >= 15 is 0 Å². The predicted octanol–water partition coefficient (Wildman–Crippen LogP) is 2.72. The molecule has 1 aliphatic rings. The molecular weight excluding hydrogens is 442 g/mol. The van der Waals surface area contributed by atoms with E-state index in [2.05, 4.69) is 5.32 Å². The molecule has 1 saturated heterocycles. The maximum absolute atomic E-state index is 12.8. The largest absolute Gasteiger partial charge is 0.378 e. The minimum absolute atomic E-state index is 0.135. The number of nitrogens with zero attached hydrogens (tertiary/aromatic N) is 2. The third kappa shape index (κ3) is 5.32. The van der Waals surface area contributed by atoms with Gasteiger partial charge < -0.3 is 15.0 Å². The minimum atomic E-state index is -3.74. The third-order valence-corrected chi connectivity index (χ3v) is 6.59. The molecule has 0 aliphatic carbocycles. The van der Waals surface area contributed by atoms with Crippen LogP contribution in [-0.4, -0.2) is 64.2 Å². The van der Waals surface area contributed by atoms with E-state index in [1.54, 1.807) is 35.2 Å². The van der Waals surface area contributed by atoms with Crippen molar-refractivity contribution < 1.29 is 22.7 Å². The van der Waals surface area contributed by atoms with Crippen molar-refractivity contribution in [3.05, 3.63) is 72.3 Å². The fourth-order valence-electron chi connectivity index (χ4n) is 3.77. The second kappa shape index (κ2) is 9.60. The molecule has 1 N–H and O–H groups in total. The fourth-order valence-corrected chi connectivity index (χ4v) is 4.63. The van der Waals surface area contributed by atoms with Gasteiger partial charge in [-0.15, -0.1) is 0 Å². The molecule has 172 valence electrons. The second-order valence-electron chi connectivity index (χ2n) is 7.80. The summed E-state index contributed by atoms with van der Waals surface area (Å²) in [5, 5.41) is 4.65. The van der Waals surface area contributed by atoms with Crippen LogP contribution in [0.1, 0.15) is 10.4 Å². The second-order valence-corrected chi connectivity index (χ2v) is 9.70. The average molecular weight is 468 g/mol. The van der Waals surface area contributed by atoms with Gasteiger partial charge in [0.2, 0.25) is 15.9 Å². The van der Waals surface area contributed by atoms with E-state index in [1.807, 2.05) is 36.4 Å². The number of anilines is 2. The quantitative estimate of drug-likeness (QED) is 0.601. The van der Waals surface area contributed by atoms with Crippen LogP contribution in [0.25, 0.3) is 10.8 Å². The van der Waals surface area contributed by atoms with E-state index in [4.69, 9.17) is 4.74 Å². The number of carbonyl (C=O) groups excluding carboxylic acids is 2. The SMILES string of the molecule is CS(=O)(=O)N(CC(=O)Nc1cccc2ccccc12)c1ccc(C(=O)N2CCOCC2)cc1. The van der Waals surface area contributed by atoms with Gasteiger partial charge in [0.05, 0.1) is 25.2 Å². The molecule has 3 aromatic rings. The molecule has 0 radical (unpaired) electrons. The average Bonchev–Trinajstić information content (AvgIpc) is 2.82. The highest BCUT2D eigenvalue weighted by Crippen LogP contribution is 2.24. The van der Waals surface area contributed by atoms with Crippen LogP contribution in [0, 0.1) is 0 Å². The van der Waals surface area contributed by atoms with Gasteiger partial charge in [-0.25, -0.2) is 8.42 Å². The number of nitrogens with one attached hydrogen (secondary N) is 1. The van der Waals surface area contributed by atoms with Gasteiger partial charge in [-0.2, -0.15) is 0 Å². The maximum Gasteiger partial charge on any atom is 0.254 e. The molecule has 2 amide bonds. The lowest BCUT2D eigenvalue weighted by Crippen LogP contribution is -2.40. The molecule has 1 heterocycles. The summed E-state index contributed by atoms with van der Waals surface area (Å²) in [7, 11) is -3.74. The van der Waals surface area contributed by atoms with Gasteiger partial charge in [0.15, 0.2) is 0 Å². The molecule has 4 rings (SSSR count). The fraction of sp³-hybridized carbons (Fsp3) is 0.250. The molecule has 0 bridgehead atoms. The highest BCUT2D eigenvalue weighted by Gasteiger charge is 2.23. The van der Waals surface area contributed by atoms with Crippen molar-refractivity contribution in [2.45, 2.75) is 0 Å². The zero-order valence-electron chi connectivity index (χ0n) is 18.2. The van der Waals surface area contributed by atoms with Crippen molar-refractivity contribution >= 4 is 44.0 Å². The van der Waals surface area contributed by atoms with Crippen molar-refractivity contribution in [3.8, 4) is 0 Å². The van der Waals surface area contributed by atoms with Crippen molar-refractivity contribution in [3.63, 3.8) is 0 Å². The normalized spacial score (nSPS) is 14.2. The monoisotopic (exact) mass is 467 g/mol. The maximum atomic E-state index is 12.8. The van der Waals surface area contributed by atoms with E-state index in [1.165, 1.54) is 0 Å². The Morgan fingerprint density at radius 3 is 2.33 bits per heavy atom. The molecule has 3 aromatic carbocycles. The molecule has 1 fully saturated rings. The number of sulfonamides is 1. The van der Waals surface area contributed by atoms with Gasteiger partial charge in [0.25, 0.3) is 5.91 Å². The highest BCUT2D eigenvalue weighted by atomic mass is 32.2. The van der Waals surface area contributed by atoms with Crippen molar-refractivity contribution in [1.82, 2.24) is 4.90 Å². The summed E-state index contributed by atoms with van der Waals surface area (Å²) >= 11 is 0. The van der Waals surface area contributed by atoms with Crippen LogP contribution in [0.15, 0.2) is 66.7 Å². The third-order valence-electron chi connectivity index (χ3n) is 5.45. The number of benzene rings is 3. The van der Waals surface area contributed by atoms with Gasteiger partial charge in [-0.1, -0.05) is 36.4 Å². The zero-order valence-corrected chi connectivity index (χ0v) is 19.0. The first kappa shape index (κ1) is 22.8. The molecule has 8 nitrogen and oxygen atoms in total. The van der Waals surface area contributed by atoms with Gasteiger partial charge in [0, 0.05) is 29.7 Å². The number of amides is 2. The Bertz CT molecular complexity index is 1260. The number of rotatable bonds is 6. The summed E-state index contributed by atoms with van der Waals surface area (Å²) in [6.07, 6.45) is 1.05. The standard InChI is InChI=1S/C24H25N3O5S/c1-33(30,31)27(17-23(28)25-22-8-4-6-18-5-2-3-7-21(18)22)20-11-9-19(10-12-20)24(29)26-13-15-32-16-14-26/h2-12H,13-17H2,1H3,(H,25,28). The summed E-state index contributed by atoms with van der Waals surface area (Å²) in [4.78, 5) is 27.1. The van der Waals surface area contributed by atoms with Crippen LogP contribution in [0.3, 0.4) is 0 Å². The Kier molecular flexibility index (Phi) is 6.62. The predicted molar refractivity (Wildman–Crippen MR) is 128 cm³/mol. The summed E-state index contributed by atoms with van der Waals surface area (Å²) in [5.74, 6) is -0.602. The number of ether oxygens (including phenoxy) is 1. The lowest BCUT2D eigenvalue weighted by atomic mass is 10.1. The van der Waals surface area contributed by atoms with Crippen LogP contribution >= 0.6 is 0 Å². The highest BCUT2D eigenvalue weighted by molar-refractivity contribution is 7.92. The van der Waals surface area contributed by atoms with Crippen LogP contribution in [-0.2, 0) is 19.6 Å². The van der Waals surface area contributed by atoms with E-state index in [-0.39, 0.29) is 5.91 Å². The topological polar surface area (TPSA) is 96.0 Å². The van der Waals surface area contributed by atoms with E-state index in [9.17, 15) is 18.0 Å². The molecule has 1 aliphatic heterocycles. The molecule has 9 heteroatoms. The lowest BCUT2D eigenvalue weighted by Gasteiger charge is -2.27. The van der Waals surface area contributed by atoms with Crippen molar-refractivity contribution in [1.29, 1.82) is 0 Å². The molecular formula is C24H25N3O5S. The zero-order chi connectivity index (χ0) is 23.4. The summed E-state index contributed by atoms with van der Waals surface area (Å²) in [6.45, 7) is 1.64. The molecule has 0 atom stereocenters. The van der Waals surface area contributed by atoms with Crippen molar-refractivity contribution in [2.75, 3.05) is 48.7 Å². The number of hydrogen-bond donors (Lipinski definition) is 1. The summed E-state index contributed by atoms with van der Waals surface area (Å²) in [5.41, 5.74) is 1.37. The Morgan fingerprint density at radius 1 is 0.970 bits per heavy atom. The minimum Gasteiger partial charge on any atom is -0.378 e. The Balaban J connectivity index is 1.51. The van der Waals surface area contributed by atoms with Crippen molar-refractivity contribution in [2.24, 2.45) is 0 Å². The molecule has 0 spiro atoms. The first-order chi connectivity index (χ1) is 15.8. The summed E-state index contributed by atoms with van der Waals surface area (Å²) < 4.78 is 31.2. The number of carbonyl (C=O) groups is 2. The molecule has 0 aromatic heterocycles. The van der Waals surface area contributed by atoms with Gasteiger partial charge in [-0.05, 0) is 35.7 Å². The van der Waals surface area contributed by atoms with E-state index in [0.717, 1.165) is 21.3 Å². The van der Waals surface area contributed by atoms with Gasteiger partial charge in [0.1, 0.15) is 6.54 Å². The van der Waals surface area contributed by atoms with Crippen LogP contribution < -0.4 is 9.62 Å². The molecule has 33 heavy (non-hydrogen) atoms. The number of morpholine rings is 1. The van der Waals surface area contributed by atoms with Crippen LogP contribution in [0.2, 0.25) is 0 Å². The summed E-state index contributed by atoms with van der Waals surface area (Å²) in [6, 6.07) is 19.4. The Labute approximate surface area is 192 Å². The first-order valence-corrected chi connectivity index (χ1v) is 12.4. The molecule has 0 saturated carbocycles. The van der Waals surface area contributed by atoms with Crippen LogP contribution in [0.4, 0.5) is 11.4 Å². The Morgan fingerprint density at radius 2 is 1.64 bits per heavy atom. The Hall–Kier alpha value is -3.43. The van der Waals surface area contributed by atoms with Gasteiger partial charge >= 0.3 is 0 Å². The lowest BCUT2D eigenvalue weighted by molar-refractivity contribution is -0.114. The number of hydrogen-bond acceptors (Lipinski definition) is 5. The smallest absolute Gasteiger partial charge is 0.254 e.